The van der Waals surface area contributed by atoms with Crippen molar-refractivity contribution in [2.75, 3.05) is 12.1 Å². The monoisotopic (exact) mass is 398 g/mol. The Balaban J connectivity index is 1.84. The highest BCUT2D eigenvalue weighted by atomic mass is 35.5. The van der Waals surface area contributed by atoms with Gasteiger partial charge in [0.25, 0.3) is 0 Å². The van der Waals surface area contributed by atoms with Gasteiger partial charge in [-0.3, -0.25) is 0 Å². The van der Waals surface area contributed by atoms with E-state index < -0.39 is 0 Å². The summed E-state index contributed by atoms with van der Waals surface area (Å²) in [6.45, 7) is 6.67. The van der Waals surface area contributed by atoms with Crippen molar-refractivity contribution in [3.63, 3.8) is 0 Å². The van der Waals surface area contributed by atoms with Crippen LogP contribution in [0, 0.1) is 6.92 Å². The lowest BCUT2D eigenvalue weighted by Crippen LogP contribution is -2.26. The second-order valence-corrected chi connectivity index (χ2v) is 7.24. The van der Waals surface area contributed by atoms with Gasteiger partial charge in [-0.2, -0.15) is 5.10 Å². The Morgan fingerprint density at radius 3 is 2.57 bits per heavy atom. The van der Waals surface area contributed by atoms with Gasteiger partial charge >= 0.3 is 0 Å². The fraction of sp³-hybridized carbons (Fsp3) is 0.318. The zero-order valence-electron chi connectivity index (χ0n) is 16.9. The Labute approximate surface area is 171 Å². The maximum atomic E-state index is 6.52. The number of hydrazine groups is 1. The molecule has 0 aliphatic heterocycles. The lowest BCUT2D eigenvalue weighted by molar-refractivity contribution is 0.306. The molecule has 0 radical (unpaired) electrons. The van der Waals surface area contributed by atoms with E-state index in [4.69, 9.17) is 22.2 Å². The van der Waals surface area contributed by atoms with Crippen LogP contribution in [0.1, 0.15) is 36.4 Å². The first-order valence-corrected chi connectivity index (χ1v) is 9.89. The molecule has 3 rings (SSSR count). The molecule has 148 valence electrons. The van der Waals surface area contributed by atoms with Gasteiger partial charge in [-0.1, -0.05) is 37.6 Å². The number of rotatable bonds is 7. The number of nitrogens with zero attached hydrogens (tertiary/aromatic N) is 3. The zero-order valence-corrected chi connectivity index (χ0v) is 17.6. The van der Waals surface area contributed by atoms with Gasteiger partial charge in [0.2, 0.25) is 0 Å². The van der Waals surface area contributed by atoms with Crippen molar-refractivity contribution in [1.82, 2.24) is 9.78 Å². The number of nitrogens with two attached hydrogens (primary N) is 1. The third-order valence-electron chi connectivity index (χ3n) is 4.86. The first-order chi connectivity index (χ1) is 13.4. The molecule has 28 heavy (non-hydrogen) atoms. The van der Waals surface area contributed by atoms with Gasteiger partial charge in [-0.25, -0.2) is 10.5 Å². The topological polar surface area (TPSA) is 56.3 Å². The third-order valence-corrected chi connectivity index (χ3v) is 5.15. The molecule has 0 bridgehead atoms. The molecule has 0 spiro atoms. The smallest absolute Gasteiger partial charge is 0.138 e. The number of benzene rings is 2. The molecule has 3 aromatic rings. The lowest BCUT2D eigenvalue weighted by Gasteiger charge is -2.19. The molecule has 2 N–H and O–H groups in total. The standard InChI is InChI=1S/C22H27ClN4O/c1-5-16-12-17(6-2)27(25-16)18-10-11-22(20(23)13-18)28-14-19-15(3)8-7-9-21(19)26(4)24/h7-13H,5-6,14,24H2,1-4H3. The summed E-state index contributed by atoms with van der Waals surface area (Å²) in [5, 5.41) is 6.84. The number of aromatic nitrogens is 2. The maximum Gasteiger partial charge on any atom is 0.138 e. The van der Waals surface area contributed by atoms with E-state index in [2.05, 4.69) is 25.0 Å². The number of hydrogen-bond acceptors (Lipinski definition) is 4. The molecule has 1 aromatic heterocycles. The molecule has 2 aromatic carbocycles. The van der Waals surface area contributed by atoms with Crippen LogP contribution in [0.25, 0.3) is 5.69 Å². The number of ether oxygens (including phenoxy) is 1. The van der Waals surface area contributed by atoms with Crippen LogP contribution in [0.5, 0.6) is 5.75 Å². The van der Waals surface area contributed by atoms with Crippen molar-refractivity contribution in [3.05, 3.63) is 70.0 Å². The molecule has 6 heteroatoms. The molecular weight excluding hydrogens is 372 g/mol. The van der Waals surface area contributed by atoms with Crippen LogP contribution in [-0.2, 0) is 19.4 Å². The van der Waals surface area contributed by atoms with Crippen molar-refractivity contribution in [2.24, 2.45) is 5.84 Å². The Kier molecular flexibility index (Phi) is 6.27. The third kappa shape index (κ3) is 4.16. The highest BCUT2D eigenvalue weighted by Gasteiger charge is 2.12. The second kappa shape index (κ2) is 8.67. The maximum absolute atomic E-state index is 6.52. The van der Waals surface area contributed by atoms with Gasteiger partial charge < -0.3 is 9.75 Å². The van der Waals surface area contributed by atoms with Crippen LogP contribution >= 0.6 is 11.6 Å². The highest BCUT2D eigenvalue weighted by Crippen LogP contribution is 2.30. The predicted molar refractivity (Wildman–Crippen MR) is 115 cm³/mol. The van der Waals surface area contributed by atoms with Crippen molar-refractivity contribution in [3.8, 4) is 11.4 Å². The summed E-state index contributed by atoms with van der Waals surface area (Å²) < 4.78 is 7.98. The lowest BCUT2D eigenvalue weighted by atomic mass is 10.1. The van der Waals surface area contributed by atoms with Crippen LogP contribution in [0.15, 0.2) is 42.5 Å². The fourth-order valence-corrected chi connectivity index (χ4v) is 3.45. The van der Waals surface area contributed by atoms with Crippen molar-refractivity contribution in [1.29, 1.82) is 0 Å². The van der Waals surface area contributed by atoms with Gasteiger partial charge in [0.05, 0.1) is 22.1 Å². The van der Waals surface area contributed by atoms with Gasteiger partial charge in [0.1, 0.15) is 12.4 Å². The minimum atomic E-state index is 0.393. The molecule has 0 aliphatic rings. The molecule has 0 saturated heterocycles. The second-order valence-electron chi connectivity index (χ2n) is 6.83. The minimum absolute atomic E-state index is 0.393. The van der Waals surface area contributed by atoms with E-state index >= 15 is 0 Å². The average molecular weight is 399 g/mol. The van der Waals surface area contributed by atoms with Gasteiger partial charge in [0.15, 0.2) is 0 Å². The van der Waals surface area contributed by atoms with E-state index in [9.17, 15) is 0 Å². The summed E-state index contributed by atoms with van der Waals surface area (Å²) in [6.07, 6.45) is 1.81. The minimum Gasteiger partial charge on any atom is -0.487 e. The van der Waals surface area contributed by atoms with Crippen LogP contribution in [-0.4, -0.2) is 16.8 Å². The molecule has 0 unspecified atom stereocenters. The summed E-state index contributed by atoms with van der Waals surface area (Å²) >= 11 is 6.52. The summed E-state index contributed by atoms with van der Waals surface area (Å²) in [4.78, 5) is 0. The summed E-state index contributed by atoms with van der Waals surface area (Å²) in [6, 6.07) is 13.9. The molecule has 0 saturated carbocycles. The summed E-state index contributed by atoms with van der Waals surface area (Å²) in [5.41, 5.74) is 6.28. The summed E-state index contributed by atoms with van der Waals surface area (Å²) in [5.74, 6) is 6.59. The van der Waals surface area contributed by atoms with Crippen molar-refractivity contribution >= 4 is 17.3 Å². The molecule has 0 aliphatic carbocycles. The highest BCUT2D eigenvalue weighted by molar-refractivity contribution is 6.32. The average Bonchev–Trinajstić information content (AvgIpc) is 3.11. The van der Waals surface area contributed by atoms with E-state index in [1.165, 1.54) is 0 Å². The number of anilines is 1. The molecular formula is C22H27ClN4O. The SMILES string of the molecule is CCc1cc(CC)n(-c2ccc(OCc3c(C)cccc3N(C)N)c(Cl)c2)n1. The molecule has 0 fully saturated rings. The Morgan fingerprint density at radius 1 is 1.14 bits per heavy atom. The van der Waals surface area contributed by atoms with E-state index in [0.717, 1.165) is 46.7 Å². The summed E-state index contributed by atoms with van der Waals surface area (Å²) in [7, 11) is 1.82. The van der Waals surface area contributed by atoms with Crippen LogP contribution in [0.3, 0.4) is 0 Å². The first-order valence-electron chi connectivity index (χ1n) is 9.52. The van der Waals surface area contributed by atoms with Gasteiger partial charge in [0, 0.05) is 18.3 Å². The zero-order chi connectivity index (χ0) is 20.3. The van der Waals surface area contributed by atoms with E-state index in [-0.39, 0.29) is 0 Å². The molecule has 0 atom stereocenters. The Bertz CT molecular complexity index is 965. The fourth-order valence-electron chi connectivity index (χ4n) is 3.22. The van der Waals surface area contributed by atoms with Crippen LogP contribution < -0.4 is 15.6 Å². The van der Waals surface area contributed by atoms with Crippen LogP contribution in [0.2, 0.25) is 5.02 Å². The van der Waals surface area contributed by atoms with Crippen LogP contribution in [0.4, 0.5) is 5.69 Å². The normalized spacial score (nSPS) is 10.9. The number of hydrogen-bond donors (Lipinski definition) is 1. The largest absolute Gasteiger partial charge is 0.487 e. The molecule has 5 nitrogen and oxygen atoms in total. The van der Waals surface area contributed by atoms with Gasteiger partial charge in [-0.05, 0) is 55.7 Å². The Hall–Kier alpha value is -2.50. The quantitative estimate of drug-likeness (QED) is 0.456. The Morgan fingerprint density at radius 2 is 1.93 bits per heavy atom. The van der Waals surface area contributed by atoms with E-state index in [1.54, 1.807) is 5.01 Å². The predicted octanol–water partition coefficient (Wildman–Crippen LogP) is 4.85. The van der Waals surface area contributed by atoms with Crippen molar-refractivity contribution < 1.29 is 4.74 Å². The molecule has 1 heterocycles. The van der Waals surface area contributed by atoms with E-state index in [0.29, 0.717) is 17.4 Å². The number of aryl methyl sites for hydroxylation is 3. The van der Waals surface area contributed by atoms with Crippen molar-refractivity contribution in [2.45, 2.75) is 40.2 Å². The van der Waals surface area contributed by atoms with E-state index in [1.807, 2.05) is 55.1 Å². The first kappa shape index (κ1) is 20.2. The number of halogens is 1. The molecule has 0 amide bonds. The van der Waals surface area contributed by atoms with Gasteiger partial charge in [-0.15, -0.1) is 0 Å².